The highest BCUT2D eigenvalue weighted by Crippen LogP contribution is 2.16. The van der Waals surface area contributed by atoms with E-state index in [1.54, 1.807) is 11.3 Å². The minimum absolute atomic E-state index is 0.435. The highest BCUT2D eigenvalue weighted by molar-refractivity contribution is 7.09. The van der Waals surface area contributed by atoms with Crippen molar-refractivity contribution in [1.82, 2.24) is 10.2 Å². The van der Waals surface area contributed by atoms with E-state index in [-0.39, 0.29) is 0 Å². The van der Waals surface area contributed by atoms with Crippen LogP contribution in [0, 0.1) is 0 Å². The molecule has 0 aromatic carbocycles. The molecule has 0 unspecified atom stereocenters. The molecule has 2 aromatic rings. The Balaban J connectivity index is 2.11. The average molecular weight is 248 g/mol. The molecule has 0 saturated heterocycles. The second-order valence-electron chi connectivity index (χ2n) is 3.68. The second kappa shape index (κ2) is 5.75. The summed E-state index contributed by atoms with van der Waals surface area (Å²) < 4.78 is 0. The predicted octanol–water partition coefficient (Wildman–Crippen LogP) is 2.02. The molecule has 2 rings (SSSR count). The van der Waals surface area contributed by atoms with Gasteiger partial charge in [0.25, 0.3) is 0 Å². The smallest absolute Gasteiger partial charge is 0.151 e. The van der Waals surface area contributed by atoms with Crippen LogP contribution >= 0.6 is 11.3 Å². The van der Waals surface area contributed by atoms with Gasteiger partial charge < -0.3 is 10.6 Å². The van der Waals surface area contributed by atoms with E-state index in [0.717, 1.165) is 24.6 Å². The van der Waals surface area contributed by atoms with Crippen LogP contribution in [-0.4, -0.2) is 16.7 Å². The van der Waals surface area contributed by atoms with E-state index < -0.39 is 0 Å². The number of rotatable bonds is 5. The summed E-state index contributed by atoms with van der Waals surface area (Å²) in [6.07, 6.45) is 0. The normalized spacial score (nSPS) is 10.5. The predicted molar refractivity (Wildman–Crippen MR) is 71.0 cm³/mol. The van der Waals surface area contributed by atoms with Crippen LogP contribution in [0.15, 0.2) is 29.6 Å². The van der Waals surface area contributed by atoms with Gasteiger partial charge in [-0.05, 0) is 30.5 Å². The Bertz CT molecular complexity index is 438. The van der Waals surface area contributed by atoms with E-state index in [4.69, 9.17) is 5.73 Å². The third-order valence-electron chi connectivity index (χ3n) is 2.55. The minimum atomic E-state index is 0.435. The van der Waals surface area contributed by atoms with Crippen LogP contribution in [0.25, 0.3) is 0 Å². The molecule has 2 aromatic heterocycles. The maximum absolute atomic E-state index is 5.50. The Kier molecular flexibility index (Phi) is 4.06. The van der Waals surface area contributed by atoms with Gasteiger partial charge >= 0.3 is 0 Å². The van der Waals surface area contributed by atoms with Gasteiger partial charge in [0.2, 0.25) is 0 Å². The monoisotopic (exact) mass is 248 g/mol. The minimum Gasteiger partial charge on any atom is -0.350 e. The summed E-state index contributed by atoms with van der Waals surface area (Å²) >= 11 is 1.76. The fourth-order valence-corrected chi connectivity index (χ4v) is 2.30. The molecule has 0 spiro atoms. The van der Waals surface area contributed by atoms with Crippen molar-refractivity contribution < 1.29 is 0 Å². The van der Waals surface area contributed by atoms with E-state index in [0.29, 0.717) is 6.54 Å². The molecule has 0 saturated carbocycles. The molecule has 0 radical (unpaired) electrons. The summed E-state index contributed by atoms with van der Waals surface area (Å²) in [4.78, 5) is 3.52. The first-order chi connectivity index (χ1) is 8.33. The first-order valence-corrected chi connectivity index (χ1v) is 6.51. The van der Waals surface area contributed by atoms with Gasteiger partial charge in [-0.15, -0.1) is 16.4 Å². The molecule has 0 aliphatic heterocycles. The van der Waals surface area contributed by atoms with Gasteiger partial charge in [-0.25, -0.2) is 0 Å². The lowest BCUT2D eigenvalue weighted by Crippen LogP contribution is -2.23. The molecule has 0 aliphatic rings. The summed E-state index contributed by atoms with van der Waals surface area (Å²) in [6, 6.07) is 8.11. The van der Waals surface area contributed by atoms with Crippen LogP contribution in [0.2, 0.25) is 0 Å². The highest BCUT2D eigenvalue weighted by Gasteiger charge is 2.07. The lowest BCUT2D eigenvalue weighted by atomic mass is 10.3. The van der Waals surface area contributed by atoms with Crippen LogP contribution in [-0.2, 0) is 13.1 Å². The molecular weight excluding hydrogens is 232 g/mol. The lowest BCUT2D eigenvalue weighted by molar-refractivity contribution is 0.790. The van der Waals surface area contributed by atoms with Crippen molar-refractivity contribution in [1.29, 1.82) is 0 Å². The van der Waals surface area contributed by atoms with Gasteiger partial charge in [-0.1, -0.05) is 6.07 Å². The zero-order valence-electron chi connectivity index (χ0n) is 9.84. The van der Waals surface area contributed by atoms with E-state index >= 15 is 0 Å². The Morgan fingerprint density at radius 2 is 2.18 bits per heavy atom. The average Bonchev–Trinajstić information content (AvgIpc) is 2.89. The summed E-state index contributed by atoms with van der Waals surface area (Å²) in [6.45, 7) is 4.34. The Morgan fingerprint density at radius 3 is 2.71 bits per heavy atom. The first kappa shape index (κ1) is 12.0. The first-order valence-electron chi connectivity index (χ1n) is 5.63. The second-order valence-corrected chi connectivity index (χ2v) is 4.71. The number of aromatic nitrogens is 2. The standard InChI is InChI=1S/C12H16N4S/c1-2-16(9-11-4-3-7-17-11)12-6-5-10(8-13)14-15-12/h3-7H,2,8-9,13H2,1H3. The van der Waals surface area contributed by atoms with Crippen molar-refractivity contribution in [2.24, 2.45) is 5.73 Å². The summed E-state index contributed by atoms with van der Waals surface area (Å²) in [7, 11) is 0. The molecule has 0 aliphatic carbocycles. The molecular formula is C12H16N4S. The fraction of sp³-hybridized carbons (Fsp3) is 0.333. The van der Waals surface area contributed by atoms with Crippen molar-refractivity contribution >= 4 is 17.2 Å². The number of nitrogens with two attached hydrogens (primary N) is 1. The SMILES string of the molecule is CCN(Cc1cccs1)c1ccc(CN)nn1. The highest BCUT2D eigenvalue weighted by atomic mass is 32.1. The van der Waals surface area contributed by atoms with Gasteiger partial charge in [0, 0.05) is 18.0 Å². The molecule has 0 fully saturated rings. The molecule has 5 heteroatoms. The third kappa shape index (κ3) is 3.01. The summed E-state index contributed by atoms with van der Waals surface area (Å²) in [5, 5.41) is 10.4. The molecule has 2 heterocycles. The Labute approximate surface area is 105 Å². The van der Waals surface area contributed by atoms with Gasteiger partial charge in [0.05, 0.1) is 12.2 Å². The van der Waals surface area contributed by atoms with Crippen LogP contribution < -0.4 is 10.6 Å². The van der Waals surface area contributed by atoms with Crippen molar-refractivity contribution in [2.75, 3.05) is 11.4 Å². The zero-order chi connectivity index (χ0) is 12.1. The van der Waals surface area contributed by atoms with Gasteiger partial charge in [0.15, 0.2) is 5.82 Å². The van der Waals surface area contributed by atoms with Crippen LogP contribution in [0.4, 0.5) is 5.82 Å². The number of thiophene rings is 1. The van der Waals surface area contributed by atoms with Crippen LogP contribution in [0.3, 0.4) is 0 Å². The van der Waals surface area contributed by atoms with Gasteiger partial charge in [-0.2, -0.15) is 5.10 Å². The number of hydrogen-bond donors (Lipinski definition) is 1. The van der Waals surface area contributed by atoms with E-state index in [1.807, 2.05) is 12.1 Å². The molecule has 0 bridgehead atoms. The third-order valence-corrected chi connectivity index (χ3v) is 3.41. The molecule has 2 N–H and O–H groups in total. The zero-order valence-corrected chi connectivity index (χ0v) is 10.7. The topological polar surface area (TPSA) is 55.0 Å². The van der Waals surface area contributed by atoms with Crippen molar-refractivity contribution in [3.63, 3.8) is 0 Å². The van der Waals surface area contributed by atoms with E-state index in [2.05, 4.69) is 39.5 Å². The van der Waals surface area contributed by atoms with E-state index in [1.165, 1.54) is 4.88 Å². The quantitative estimate of drug-likeness (QED) is 0.879. The van der Waals surface area contributed by atoms with Gasteiger partial charge in [0.1, 0.15) is 0 Å². The fourth-order valence-electron chi connectivity index (χ4n) is 1.58. The van der Waals surface area contributed by atoms with Crippen molar-refractivity contribution in [3.8, 4) is 0 Å². The van der Waals surface area contributed by atoms with Crippen molar-refractivity contribution in [2.45, 2.75) is 20.0 Å². The number of nitrogens with zero attached hydrogens (tertiary/aromatic N) is 3. The summed E-state index contributed by atoms with van der Waals surface area (Å²) in [5.74, 6) is 0.901. The number of anilines is 1. The molecule has 0 amide bonds. The molecule has 17 heavy (non-hydrogen) atoms. The summed E-state index contributed by atoms with van der Waals surface area (Å²) in [5.41, 5.74) is 6.32. The maximum atomic E-state index is 5.50. The largest absolute Gasteiger partial charge is 0.350 e. The maximum Gasteiger partial charge on any atom is 0.151 e. The lowest BCUT2D eigenvalue weighted by Gasteiger charge is -2.20. The van der Waals surface area contributed by atoms with E-state index in [9.17, 15) is 0 Å². The van der Waals surface area contributed by atoms with Crippen LogP contribution in [0.5, 0.6) is 0 Å². The Hall–Kier alpha value is -1.46. The number of hydrogen-bond acceptors (Lipinski definition) is 5. The van der Waals surface area contributed by atoms with Crippen molar-refractivity contribution in [3.05, 3.63) is 40.2 Å². The molecule has 90 valence electrons. The van der Waals surface area contributed by atoms with Gasteiger partial charge in [-0.3, -0.25) is 0 Å². The molecule has 0 atom stereocenters. The molecule has 4 nitrogen and oxygen atoms in total. The van der Waals surface area contributed by atoms with Crippen LogP contribution in [0.1, 0.15) is 17.5 Å². The Morgan fingerprint density at radius 1 is 1.29 bits per heavy atom.